The van der Waals surface area contributed by atoms with E-state index in [-0.39, 0.29) is 5.92 Å². The van der Waals surface area contributed by atoms with Crippen LogP contribution in [0.25, 0.3) is 10.9 Å². The van der Waals surface area contributed by atoms with Crippen molar-refractivity contribution in [3.63, 3.8) is 0 Å². The molecule has 1 aliphatic carbocycles. The molecule has 0 saturated heterocycles. The number of carboxylic acid groups (broad SMARTS) is 1. The van der Waals surface area contributed by atoms with E-state index < -0.39 is 5.97 Å². The van der Waals surface area contributed by atoms with Crippen LogP contribution in [0.5, 0.6) is 0 Å². The van der Waals surface area contributed by atoms with E-state index in [2.05, 4.69) is 13.8 Å². The number of hydrogen-bond donors (Lipinski definition) is 1. The number of fused-ring (bicyclic) bond motifs is 2. The third-order valence-corrected chi connectivity index (χ3v) is 4.67. The van der Waals surface area contributed by atoms with Gasteiger partial charge in [0.1, 0.15) is 0 Å². The Kier molecular flexibility index (Phi) is 3.23. The molecule has 1 N–H and O–H groups in total. The first-order valence-electron chi connectivity index (χ1n) is 7.56. The summed E-state index contributed by atoms with van der Waals surface area (Å²) in [5.41, 5.74) is 5.32. The summed E-state index contributed by atoms with van der Waals surface area (Å²) in [5.74, 6) is -0.00961. The fourth-order valence-electron chi connectivity index (χ4n) is 3.77. The predicted molar refractivity (Wildman–Crippen MR) is 84.1 cm³/mol. The number of carboxylic acids is 1. The summed E-state index contributed by atoms with van der Waals surface area (Å²) in [7, 11) is 0. The van der Waals surface area contributed by atoms with Gasteiger partial charge < -0.3 is 5.11 Å². The van der Waals surface area contributed by atoms with Gasteiger partial charge in [-0.15, -0.1) is 0 Å². The summed E-state index contributed by atoms with van der Waals surface area (Å²) < 4.78 is 0. The van der Waals surface area contributed by atoms with E-state index in [0.717, 1.165) is 46.1 Å². The highest BCUT2D eigenvalue weighted by molar-refractivity contribution is 6.06. The molecular formula is C18H21NO2. The van der Waals surface area contributed by atoms with Crippen LogP contribution in [0.2, 0.25) is 0 Å². The van der Waals surface area contributed by atoms with Gasteiger partial charge in [-0.1, -0.05) is 26.0 Å². The van der Waals surface area contributed by atoms with Crippen molar-refractivity contribution in [1.29, 1.82) is 0 Å². The summed E-state index contributed by atoms with van der Waals surface area (Å²) in [6, 6.07) is 4.02. The summed E-state index contributed by atoms with van der Waals surface area (Å²) in [5, 5.41) is 10.6. The molecule has 3 heteroatoms. The van der Waals surface area contributed by atoms with Gasteiger partial charge in [0, 0.05) is 11.1 Å². The van der Waals surface area contributed by atoms with E-state index >= 15 is 0 Å². The minimum absolute atomic E-state index is 0.256. The number of benzene rings is 1. The van der Waals surface area contributed by atoms with E-state index in [9.17, 15) is 9.90 Å². The van der Waals surface area contributed by atoms with Gasteiger partial charge in [0.15, 0.2) is 0 Å². The third-order valence-electron chi connectivity index (χ3n) is 4.67. The molecule has 21 heavy (non-hydrogen) atoms. The number of aryl methyl sites for hydroxylation is 2. The molecule has 1 aromatic carbocycles. The van der Waals surface area contributed by atoms with Crippen LogP contribution < -0.4 is 0 Å². The molecule has 0 spiro atoms. The summed E-state index contributed by atoms with van der Waals surface area (Å²) in [4.78, 5) is 16.8. The lowest BCUT2D eigenvalue weighted by molar-refractivity contribution is 0.0696. The van der Waals surface area contributed by atoms with Gasteiger partial charge in [-0.3, -0.25) is 4.98 Å². The lowest BCUT2D eigenvalue weighted by Gasteiger charge is -2.29. The summed E-state index contributed by atoms with van der Waals surface area (Å²) >= 11 is 0. The van der Waals surface area contributed by atoms with Crippen LogP contribution in [0.4, 0.5) is 0 Å². The van der Waals surface area contributed by atoms with Crippen molar-refractivity contribution in [2.75, 3.05) is 0 Å². The van der Waals surface area contributed by atoms with Gasteiger partial charge in [0.25, 0.3) is 0 Å². The van der Waals surface area contributed by atoms with E-state index in [1.54, 1.807) is 0 Å². The Balaban J connectivity index is 2.48. The molecule has 0 amide bonds. The normalized spacial score (nSPS) is 21.3. The second kappa shape index (κ2) is 4.83. The Labute approximate surface area is 125 Å². The van der Waals surface area contributed by atoms with Gasteiger partial charge in [0.2, 0.25) is 0 Å². The first-order chi connectivity index (χ1) is 9.90. The monoisotopic (exact) mass is 283 g/mol. The lowest BCUT2D eigenvalue weighted by Crippen LogP contribution is -2.21. The SMILES string of the molecule is Cc1ccc(C)c2c(C(=O)O)c3c(nc12)CC(C)CC3C. The molecule has 0 bridgehead atoms. The smallest absolute Gasteiger partial charge is 0.336 e. The van der Waals surface area contributed by atoms with Crippen molar-refractivity contribution in [2.24, 2.45) is 5.92 Å². The average molecular weight is 283 g/mol. The van der Waals surface area contributed by atoms with Crippen molar-refractivity contribution in [1.82, 2.24) is 4.98 Å². The van der Waals surface area contributed by atoms with Crippen LogP contribution in [0.3, 0.4) is 0 Å². The van der Waals surface area contributed by atoms with E-state index in [0.29, 0.717) is 11.5 Å². The zero-order valence-electron chi connectivity index (χ0n) is 13.0. The Hall–Kier alpha value is -1.90. The minimum Gasteiger partial charge on any atom is -0.478 e. The second-order valence-electron chi connectivity index (χ2n) is 6.52. The molecule has 0 aliphatic heterocycles. The molecule has 1 aromatic heterocycles. The molecule has 3 nitrogen and oxygen atoms in total. The standard InChI is InChI=1S/C18H21NO2/c1-9-7-12(4)14-13(8-9)19-17-11(3)6-5-10(2)15(17)16(14)18(20)21/h5-6,9,12H,7-8H2,1-4H3,(H,20,21). The molecule has 0 saturated carbocycles. The predicted octanol–water partition coefficient (Wildman–Crippen LogP) is 4.24. The topological polar surface area (TPSA) is 50.2 Å². The van der Waals surface area contributed by atoms with Gasteiger partial charge in [-0.25, -0.2) is 4.79 Å². The highest BCUT2D eigenvalue weighted by Gasteiger charge is 2.30. The van der Waals surface area contributed by atoms with Crippen molar-refractivity contribution in [3.8, 4) is 0 Å². The molecule has 1 aliphatic rings. The minimum atomic E-state index is -0.825. The quantitative estimate of drug-likeness (QED) is 0.851. The third kappa shape index (κ3) is 2.11. The van der Waals surface area contributed by atoms with Gasteiger partial charge in [-0.2, -0.15) is 0 Å². The number of aromatic nitrogens is 1. The van der Waals surface area contributed by atoms with Gasteiger partial charge in [0.05, 0.1) is 11.1 Å². The van der Waals surface area contributed by atoms with Crippen LogP contribution in [-0.2, 0) is 6.42 Å². The molecule has 1 heterocycles. The molecular weight excluding hydrogens is 262 g/mol. The Morgan fingerprint density at radius 2 is 1.90 bits per heavy atom. The summed E-state index contributed by atoms with van der Waals surface area (Å²) in [6.45, 7) is 8.31. The Morgan fingerprint density at radius 1 is 1.24 bits per heavy atom. The molecule has 2 unspecified atom stereocenters. The maximum atomic E-state index is 11.9. The second-order valence-corrected chi connectivity index (χ2v) is 6.52. The van der Waals surface area contributed by atoms with Crippen molar-refractivity contribution in [2.45, 2.75) is 46.5 Å². The van der Waals surface area contributed by atoms with Crippen LogP contribution in [-0.4, -0.2) is 16.1 Å². The van der Waals surface area contributed by atoms with Gasteiger partial charge >= 0.3 is 5.97 Å². The Bertz CT molecular complexity index is 749. The maximum Gasteiger partial charge on any atom is 0.336 e. The fourth-order valence-corrected chi connectivity index (χ4v) is 3.77. The van der Waals surface area contributed by atoms with Crippen LogP contribution in [0.1, 0.15) is 58.9 Å². The summed E-state index contributed by atoms with van der Waals surface area (Å²) in [6.07, 6.45) is 1.91. The van der Waals surface area contributed by atoms with E-state index in [1.165, 1.54) is 0 Å². The highest BCUT2D eigenvalue weighted by atomic mass is 16.4. The molecule has 110 valence electrons. The van der Waals surface area contributed by atoms with Gasteiger partial charge in [-0.05, 0) is 55.2 Å². The number of aromatic carboxylic acids is 1. The number of pyridine rings is 1. The maximum absolute atomic E-state index is 11.9. The Morgan fingerprint density at radius 3 is 2.57 bits per heavy atom. The number of hydrogen-bond acceptors (Lipinski definition) is 2. The van der Waals surface area contributed by atoms with Crippen LogP contribution in [0, 0.1) is 19.8 Å². The molecule has 2 atom stereocenters. The molecule has 0 radical (unpaired) electrons. The first kappa shape index (κ1) is 14.1. The zero-order chi connectivity index (χ0) is 15.3. The van der Waals surface area contributed by atoms with E-state index in [4.69, 9.17) is 4.98 Å². The first-order valence-corrected chi connectivity index (χ1v) is 7.56. The van der Waals surface area contributed by atoms with E-state index in [1.807, 2.05) is 26.0 Å². The number of nitrogens with zero attached hydrogens (tertiary/aromatic N) is 1. The largest absolute Gasteiger partial charge is 0.478 e. The van der Waals surface area contributed by atoms with Crippen LogP contribution >= 0.6 is 0 Å². The fraction of sp³-hybridized carbons (Fsp3) is 0.444. The molecule has 2 aromatic rings. The zero-order valence-corrected chi connectivity index (χ0v) is 13.0. The number of carbonyl (C=O) groups is 1. The van der Waals surface area contributed by atoms with Crippen molar-refractivity contribution < 1.29 is 9.90 Å². The average Bonchev–Trinajstić information content (AvgIpc) is 2.40. The highest BCUT2D eigenvalue weighted by Crippen LogP contribution is 2.39. The number of rotatable bonds is 1. The molecule has 3 rings (SSSR count). The molecule has 0 fully saturated rings. The lowest BCUT2D eigenvalue weighted by atomic mass is 9.77. The van der Waals surface area contributed by atoms with Crippen molar-refractivity contribution in [3.05, 3.63) is 40.1 Å². The van der Waals surface area contributed by atoms with Crippen LogP contribution in [0.15, 0.2) is 12.1 Å². The van der Waals surface area contributed by atoms with Crippen molar-refractivity contribution >= 4 is 16.9 Å².